The van der Waals surface area contributed by atoms with Gasteiger partial charge in [-0.05, 0) is 42.7 Å². The van der Waals surface area contributed by atoms with Gasteiger partial charge in [0.2, 0.25) is 5.91 Å². The van der Waals surface area contributed by atoms with Crippen LogP contribution < -0.4 is 21.7 Å². The third-order valence-corrected chi connectivity index (χ3v) is 4.24. The predicted octanol–water partition coefficient (Wildman–Crippen LogP) is 2.56. The van der Waals surface area contributed by atoms with Crippen LogP contribution in [0.1, 0.15) is 35.3 Å². The van der Waals surface area contributed by atoms with Gasteiger partial charge < -0.3 is 21.7 Å². The Hall–Kier alpha value is -3.35. The summed E-state index contributed by atoms with van der Waals surface area (Å²) >= 11 is 0. The van der Waals surface area contributed by atoms with Crippen molar-refractivity contribution in [1.29, 1.82) is 0 Å². The first kappa shape index (κ1) is 21.0. The number of hydrogen-bond donors (Lipinski definition) is 4. The summed E-state index contributed by atoms with van der Waals surface area (Å²) in [5.74, 6) is -0.609. The second-order valence-corrected chi connectivity index (χ2v) is 6.97. The third-order valence-electron chi connectivity index (χ3n) is 4.24. The molecule has 0 radical (unpaired) electrons. The summed E-state index contributed by atoms with van der Waals surface area (Å²) in [5.41, 5.74) is 8.08. The van der Waals surface area contributed by atoms with Crippen LogP contribution in [0.3, 0.4) is 0 Å². The van der Waals surface area contributed by atoms with Gasteiger partial charge in [0.1, 0.15) is 6.04 Å². The van der Waals surface area contributed by atoms with E-state index in [4.69, 9.17) is 5.73 Å². The van der Waals surface area contributed by atoms with Crippen molar-refractivity contribution in [3.8, 4) is 0 Å². The zero-order chi connectivity index (χ0) is 20.7. The Morgan fingerprint density at radius 3 is 2.11 bits per heavy atom. The molecule has 0 heterocycles. The van der Waals surface area contributed by atoms with Gasteiger partial charge >= 0.3 is 6.03 Å². The van der Waals surface area contributed by atoms with Crippen molar-refractivity contribution >= 4 is 23.5 Å². The molecule has 5 N–H and O–H groups in total. The molecule has 7 heteroatoms. The Kier molecular flexibility index (Phi) is 7.14. The normalized spacial score (nSPS) is 11.6. The van der Waals surface area contributed by atoms with Gasteiger partial charge in [-0.3, -0.25) is 9.59 Å². The highest BCUT2D eigenvalue weighted by Crippen LogP contribution is 2.10. The van der Waals surface area contributed by atoms with Crippen molar-refractivity contribution in [2.75, 3.05) is 5.32 Å². The SMILES string of the molecule is Cc1ccc(C(=O)NC(C(=O)NCc2ccc(NC(N)=O)cc2)C(C)C)cc1. The van der Waals surface area contributed by atoms with Crippen molar-refractivity contribution in [1.82, 2.24) is 10.6 Å². The van der Waals surface area contributed by atoms with E-state index in [9.17, 15) is 14.4 Å². The van der Waals surface area contributed by atoms with Crippen molar-refractivity contribution in [3.05, 3.63) is 65.2 Å². The molecule has 0 aliphatic carbocycles. The number of anilines is 1. The smallest absolute Gasteiger partial charge is 0.316 e. The number of carbonyl (C=O) groups is 3. The van der Waals surface area contributed by atoms with Crippen molar-refractivity contribution in [2.45, 2.75) is 33.4 Å². The molecule has 0 aromatic heterocycles. The molecule has 0 fully saturated rings. The number of primary amides is 1. The van der Waals surface area contributed by atoms with E-state index in [1.807, 2.05) is 32.9 Å². The van der Waals surface area contributed by atoms with Crippen LogP contribution in [0.4, 0.5) is 10.5 Å². The van der Waals surface area contributed by atoms with E-state index in [1.54, 1.807) is 36.4 Å². The molecule has 2 rings (SSSR count). The predicted molar refractivity (Wildman–Crippen MR) is 109 cm³/mol. The molecule has 0 aliphatic heterocycles. The summed E-state index contributed by atoms with van der Waals surface area (Å²) in [5, 5.41) is 8.12. The monoisotopic (exact) mass is 382 g/mol. The van der Waals surface area contributed by atoms with Crippen molar-refractivity contribution in [3.63, 3.8) is 0 Å². The third kappa shape index (κ3) is 6.12. The molecule has 1 unspecified atom stereocenters. The van der Waals surface area contributed by atoms with E-state index in [0.29, 0.717) is 17.8 Å². The minimum absolute atomic E-state index is 0.0726. The zero-order valence-electron chi connectivity index (χ0n) is 16.3. The largest absolute Gasteiger partial charge is 0.351 e. The fourth-order valence-electron chi connectivity index (χ4n) is 2.61. The van der Waals surface area contributed by atoms with E-state index in [1.165, 1.54) is 0 Å². The molecule has 2 aromatic rings. The molecule has 28 heavy (non-hydrogen) atoms. The lowest BCUT2D eigenvalue weighted by Gasteiger charge is -2.22. The van der Waals surface area contributed by atoms with Crippen molar-refractivity contribution in [2.24, 2.45) is 11.7 Å². The molecule has 2 aromatic carbocycles. The highest BCUT2D eigenvalue weighted by atomic mass is 16.2. The second-order valence-electron chi connectivity index (χ2n) is 6.97. The zero-order valence-corrected chi connectivity index (χ0v) is 16.3. The van der Waals surface area contributed by atoms with E-state index >= 15 is 0 Å². The van der Waals surface area contributed by atoms with E-state index in [-0.39, 0.29) is 17.7 Å². The molecule has 0 saturated heterocycles. The quantitative estimate of drug-likeness (QED) is 0.590. The number of amides is 4. The molecule has 0 aliphatic rings. The average Bonchev–Trinajstić information content (AvgIpc) is 2.65. The van der Waals surface area contributed by atoms with Crippen LogP contribution in [0.25, 0.3) is 0 Å². The molecule has 0 bridgehead atoms. The van der Waals surface area contributed by atoms with E-state index < -0.39 is 12.1 Å². The number of nitrogens with two attached hydrogens (primary N) is 1. The van der Waals surface area contributed by atoms with Gasteiger partial charge in [-0.2, -0.15) is 0 Å². The average molecular weight is 382 g/mol. The lowest BCUT2D eigenvalue weighted by atomic mass is 10.0. The van der Waals surface area contributed by atoms with Gasteiger partial charge in [-0.1, -0.05) is 43.7 Å². The number of aryl methyl sites for hydroxylation is 1. The van der Waals surface area contributed by atoms with E-state index in [0.717, 1.165) is 11.1 Å². The lowest BCUT2D eigenvalue weighted by molar-refractivity contribution is -0.124. The van der Waals surface area contributed by atoms with Crippen LogP contribution in [0.15, 0.2) is 48.5 Å². The number of benzene rings is 2. The number of hydrogen-bond acceptors (Lipinski definition) is 3. The molecular formula is C21H26N4O3. The first-order valence-corrected chi connectivity index (χ1v) is 9.07. The molecule has 7 nitrogen and oxygen atoms in total. The molecule has 0 spiro atoms. The maximum atomic E-state index is 12.6. The molecular weight excluding hydrogens is 356 g/mol. The van der Waals surface area contributed by atoms with Crippen LogP contribution in [0.5, 0.6) is 0 Å². The summed E-state index contributed by atoms with van der Waals surface area (Å²) in [6, 6.07) is 12.9. The van der Waals surface area contributed by atoms with Crippen LogP contribution in [-0.4, -0.2) is 23.9 Å². The van der Waals surface area contributed by atoms with Crippen molar-refractivity contribution < 1.29 is 14.4 Å². The summed E-state index contributed by atoms with van der Waals surface area (Å²) < 4.78 is 0. The summed E-state index contributed by atoms with van der Waals surface area (Å²) in [7, 11) is 0. The van der Waals surface area contributed by atoms with Gasteiger partial charge in [0, 0.05) is 17.8 Å². The lowest BCUT2D eigenvalue weighted by Crippen LogP contribution is -2.49. The number of rotatable bonds is 7. The first-order chi connectivity index (χ1) is 13.3. The maximum Gasteiger partial charge on any atom is 0.316 e. The number of nitrogens with one attached hydrogen (secondary N) is 3. The van der Waals surface area contributed by atoms with Crippen LogP contribution >= 0.6 is 0 Å². The van der Waals surface area contributed by atoms with Crippen LogP contribution in [0, 0.1) is 12.8 Å². The Balaban J connectivity index is 1.95. The Bertz CT molecular complexity index is 830. The van der Waals surface area contributed by atoms with Gasteiger partial charge in [0.15, 0.2) is 0 Å². The van der Waals surface area contributed by atoms with E-state index in [2.05, 4.69) is 16.0 Å². The minimum Gasteiger partial charge on any atom is -0.351 e. The highest BCUT2D eigenvalue weighted by Gasteiger charge is 2.24. The standard InChI is InChI=1S/C21H26N4O3/c1-13(2)18(25-19(26)16-8-4-14(3)5-9-16)20(27)23-12-15-6-10-17(11-7-15)24-21(22)28/h4-11,13,18H,12H2,1-3H3,(H,23,27)(H,25,26)(H3,22,24,28). The summed E-state index contributed by atoms with van der Waals surface area (Å²) in [6.07, 6.45) is 0. The van der Waals surface area contributed by atoms with Gasteiger partial charge in [0.25, 0.3) is 5.91 Å². The van der Waals surface area contributed by atoms with Gasteiger partial charge in [-0.15, -0.1) is 0 Å². The topological polar surface area (TPSA) is 113 Å². The molecule has 148 valence electrons. The fourth-order valence-corrected chi connectivity index (χ4v) is 2.61. The van der Waals surface area contributed by atoms with Crippen LogP contribution in [0.2, 0.25) is 0 Å². The Morgan fingerprint density at radius 1 is 0.964 bits per heavy atom. The first-order valence-electron chi connectivity index (χ1n) is 9.07. The Morgan fingerprint density at radius 2 is 1.57 bits per heavy atom. The molecule has 0 saturated carbocycles. The summed E-state index contributed by atoms with van der Waals surface area (Å²) in [4.78, 5) is 35.9. The van der Waals surface area contributed by atoms with Gasteiger partial charge in [0.05, 0.1) is 0 Å². The highest BCUT2D eigenvalue weighted by molar-refractivity contribution is 5.97. The Labute approximate surface area is 164 Å². The van der Waals surface area contributed by atoms with Gasteiger partial charge in [-0.25, -0.2) is 4.79 Å². The van der Waals surface area contributed by atoms with Crippen LogP contribution in [-0.2, 0) is 11.3 Å². The molecule has 4 amide bonds. The number of urea groups is 1. The maximum absolute atomic E-state index is 12.6. The fraction of sp³-hybridized carbons (Fsp3) is 0.286. The second kappa shape index (κ2) is 9.55. The summed E-state index contributed by atoms with van der Waals surface area (Å²) in [6.45, 7) is 6.01. The minimum atomic E-state index is -0.649. The molecule has 1 atom stereocenters. The number of carbonyl (C=O) groups excluding carboxylic acids is 3.